The fourth-order valence-corrected chi connectivity index (χ4v) is 2.17. The molecule has 1 rings (SSSR count). The lowest BCUT2D eigenvalue weighted by molar-refractivity contribution is 0.888. The van der Waals surface area contributed by atoms with E-state index in [1.165, 1.54) is 9.88 Å². The first-order valence-corrected chi connectivity index (χ1v) is 6.52. The molecule has 0 fully saturated rings. The molecule has 92 valence electrons. The van der Waals surface area contributed by atoms with Gasteiger partial charge in [0.25, 0.3) is 0 Å². The fourth-order valence-electron chi connectivity index (χ4n) is 1.36. The summed E-state index contributed by atoms with van der Waals surface area (Å²) in [6.45, 7) is 10.0. The Labute approximate surface area is 108 Å². The molecule has 0 atom stereocenters. The van der Waals surface area contributed by atoms with Gasteiger partial charge in [-0.05, 0) is 31.1 Å². The number of thiophene rings is 1. The Kier molecular flexibility index (Phi) is 5.16. The Balaban J connectivity index is 2.76. The Bertz CT molecular complexity index is 427. The van der Waals surface area contributed by atoms with Crippen LogP contribution in [0.5, 0.6) is 0 Å². The first-order valence-electron chi connectivity index (χ1n) is 5.70. The second kappa shape index (κ2) is 6.40. The Morgan fingerprint density at radius 2 is 2.18 bits per heavy atom. The monoisotopic (exact) mass is 248 g/mol. The largest absolute Gasteiger partial charge is 0.343 e. The van der Waals surface area contributed by atoms with Gasteiger partial charge in [0.1, 0.15) is 0 Å². The lowest BCUT2D eigenvalue weighted by atomic mass is 10.1. The zero-order valence-electron chi connectivity index (χ0n) is 11.0. The van der Waals surface area contributed by atoms with Gasteiger partial charge in [0.05, 0.1) is 5.00 Å². The van der Waals surface area contributed by atoms with Crippen molar-refractivity contribution < 1.29 is 0 Å². The number of nitrogens with zero attached hydrogens (tertiary/aromatic N) is 2. The quantitative estimate of drug-likeness (QED) is 0.711. The lowest BCUT2D eigenvalue weighted by Gasteiger charge is -2.11. The molecular weight excluding hydrogens is 228 g/mol. The molecular formula is C14H20N2S. The van der Waals surface area contributed by atoms with Crippen LogP contribution in [0.4, 0.5) is 5.00 Å². The van der Waals surface area contributed by atoms with Gasteiger partial charge < -0.3 is 4.90 Å². The van der Waals surface area contributed by atoms with E-state index in [0.717, 1.165) is 5.71 Å². The van der Waals surface area contributed by atoms with Crippen molar-refractivity contribution in [2.75, 3.05) is 11.9 Å². The van der Waals surface area contributed by atoms with Crippen LogP contribution in [0.3, 0.4) is 0 Å². The summed E-state index contributed by atoms with van der Waals surface area (Å²) >= 11 is 1.78. The Morgan fingerprint density at radius 1 is 1.47 bits per heavy atom. The number of aliphatic imine (C=N–C) groups is 1. The van der Waals surface area contributed by atoms with E-state index in [2.05, 4.69) is 49.4 Å². The molecule has 0 spiro atoms. The molecule has 0 radical (unpaired) electrons. The molecule has 0 saturated carbocycles. The minimum Gasteiger partial charge on any atom is -0.343 e. The van der Waals surface area contributed by atoms with Gasteiger partial charge in [-0.3, -0.25) is 4.99 Å². The van der Waals surface area contributed by atoms with E-state index in [-0.39, 0.29) is 0 Å². The minimum atomic E-state index is 0.405. The average molecular weight is 248 g/mol. The van der Waals surface area contributed by atoms with E-state index in [1.807, 2.05) is 19.3 Å². The van der Waals surface area contributed by atoms with Crippen LogP contribution in [-0.2, 0) is 0 Å². The van der Waals surface area contributed by atoms with Gasteiger partial charge in [-0.25, -0.2) is 0 Å². The van der Waals surface area contributed by atoms with Crippen molar-refractivity contribution in [1.82, 2.24) is 0 Å². The van der Waals surface area contributed by atoms with Gasteiger partial charge >= 0.3 is 0 Å². The third-order valence-electron chi connectivity index (χ3n) is 2.37. The maximum Gasteiger partial charge on any atom is 0.0948 e. The summed E-state index contributed by atoms with van der Waals surface area (Å²) in [5.74, 6) is 0.405. The highest BCUT2D eigenvalue weighted by Gasteiger charge is 2.02. The van der Waals surface area contributed by atoms with Gasteiger partial charge in [0, 0.05) is 30.0 Å². The summed E-state index contributed by atoms with van der Waals surface area (Å²) in [5, 5.41) is 1.24. The van der Waals surface area contributed by atoms with Crippen molar-refractivity contribution in [3.63, 3.8) is 0 Å². The molecule has 0 unspecified atom stereocenters. The van der Waals surface area contributed by atoms with Gasteiger partial charge in [0.2, 0.25) is 0 Å². The van der Waals surface area contributed by atoms with E-state index in [9.17, 15) is 0 Å². The highest BCUT2D eigenvalue weighted by Crippen LogP contribution is 2.24. The molecule has 2 nitrogen and oxygen atoms in total. The number of hydrogen-bond acceptors (Lipinski definition) is 3. The van der Waals surface area contributed by atoms with Crippen molar-refractivity contribution in [1.29, 1.82) is 0 Å². The summed E-state index contributed by atoms with van der Waals surface area (Å²) in [6, 6.07) is 4.26. The van der Waals surface area contributed by atoms with Crippen LogP contribution in [0.25, 0.3) is 0 Å². The van der Waals surface area contributed by atoms with Crippen molar-refractivity contribution in [2.24, 2.45) is 10.9 Å². The van der Waals surface area contributed by atoms with Gasteiger partial charge in [-0.2, -0.15) is 0 Å². The number of aryl methyl sites for hydroxylation is 1. The standard InChI is InChI=1S/C14H20N2S/c1-6-15-13(11(2)3)9-10-16(5)14-8-7-12(4)17-14/h6-11H,1H2,2-5H3/b10-9-,15-13?. The van der Waals surface area contributed by atoms with Crippen molar-refractivity contribution in [2.45, 2.75) is 20.8 Å². The normalized spacial score (nSPS) is 12.4. The molecule has 0 N–H and O–H groups in total. The van der Waals surface area contributed by atoms with Crippen LogP contribution in [0.15, 0.2) is 42.2 Å². The summed E-state index contributed by atoms with van der Waals surface area (Å²) in [6.07, 6.45) is 5.68. The molecule has 0 aliphatic carbocycles. The number of hydrogen-bond donors (Lipinski definition) is 0. The molecule has 17 heavy (non-hydrogen) atoms. The molecule has 0 aliphatic rings. The van der Waals surface area contributed by atoms with Gasteiger partial charge in [0.15, 0.2) is 0 Å². The summed E-state index contributed by atoms with van der Waals surface area (Å²) in [5.41, 5.74) is 1.04. The molecule has 0 aliphatic heterocycles. The van der Waals surface area contributed by atoms with E-state index >= 15 is 0 Å². The van der Waals surface area contributed by atoms with Gasteiger partial charge in [-0.15, -0.1) is 11.3 Å². The van der Waals surface area contributed by atoms with E-state index in [1.54, 1.807) is 17.5 Å². The second-order valence-corrected chi connectivity index (χ2v) is 5.47. The van der Waals surface area contributed by atoms with Crippen LogP contribution < -0.4 is 4.90 Å². The van der Waals surface area contributed by atoms with E-state index in [0.29, 0.717) is 5.92 Å². The van der Waals surface area contributed by atoms with E-state index in [4.69, 9.17) is 0 Å². The zero-order chi connectivity index (χ0) is 12.8. The second-order valence-electron chi connectivity index (χ2n) is 4.20. The topological polar surface area (TPSA) is 15.6 Å². The smallest absolute Gasteiger partial charge is 0.0948 e. The van der Waals surface area contributed by atoms with Crippen molar-refractivity contribution in [3.8, 4) is 0 Å². The number of rotatable bonds is 5. The van der Waals surface area contributed by atoms with Crippen LogP contribution in [0.2, 0.25) is 0 Å². The first kappa shape index (κ1) is 13.7. The highest BCUT2D eigenvalue weighted by molar-refractivity contribution is 7.16. The summed E-state index contributed by atoms with van der Waals surface area (Å²) in [4.78, 5) is 7.70. The molecule has 0 saturated heterocycles. The van der Waals surface area contributed by atoms with Crippen molar-refractivity contribution >= 4 is 22.0 Å². The third-order valence-corrected chi connectivity index (χ3v) is 3.47. The lowest BCUT2D eigenvalue weighted by Crippen LogP contribution is -2.09. The predicted molar refractivity (Wildman–Crippen MR) is 79.1 cm³/mol. The van der Waals surface area contributed by atoms with Crippen LogP contribution in [-0.4, -0.2) is 12.8 Å². The highest BCUT2D eigenvalue weighted by atomic mass is 32.1. The maximum absolute atomic E-state index is 4.26. The Hall–Kier alpha value is -1.35. The SMILES string of the molecule is C=CN=C(/C=C\N(C)c1ccc(C)s1)C(C)C. The number of anilines is 1. The fraction of sp³-hybridized carbons (Fsp3) is 0.357. The summed E-state index contributed by atoms with van der Waals surface area (Å²) < 4.78 is 0. The zero-order valence-corrected chi connectivity index (χ0v) is 11.8. The van der Waals surface area contributed by atoms with Crippen LogP contribution >= 0.6 is 11.3 Å². The van der Waals surface area contributed by atoms with Crippen molar-refractivity contribution in [3.05, 3.63) is 42.1 Å². The predicted octanol–water partition coefficient (Wildman–Crippen LogP) is 4.25. The molecule has 1 heterocycles. The first-order chi connectivity index (χ1) is 8.04. The minimum absolute atomic E-state index is 0.405. The average Bonchev–Trinajstić information content (AvgIpc) is 2.70. The molecule has 1 aromatic rings. The summed E-state index contributed by atoms with van der Waals surface area (Å²) in [7, 11) is 2.05. The van der Waals surface area contributed by atoms with Gasteiger partial charge in [-0.1, -0.05) is 20.4 Å². The molecule has 1 aromatic heterocycles. The molecule has 0 aromatic carbocycles. The molecule has 3 heteroatoms. The van der Waals surface area contributed by atoms with Crippen LogP contribution in [0.1, 0.15) is 18.7 Å². The van der Waals surface area contributed by atoms with E-state index < -0.39 is 0 Å². The number of allylic oxidation sites excluding steroid dienone is 1. The third kappa shape index (κ3) is 4.19. The molecule has 0 bridgehead atoms. The maximum atomic E-state index is 4.26. The van der Waals surface area contributed by atoms with Crippen LogP contribution in [0, 0.1) is 12.8 Å². The Morgan fingerprint density at radius 3 is 2.65 bits per heavy atom. The molecule has 0 amide bonds.